The summed E-state index contributed by atoms with van der Waals surface area (Å²) in [7, 11) is -2.16. The summed E-state index contributed by atoms with van der Waals surface area (Å²) in [6.45, 7) is 0.795. The van der Waals surface area contributed by atoms with E-state index >= 15 is 0 Å². The number of halogens is 1. The van der Waals surface area contributed by atoms with Gasteiger partial charge in [0.15, 0.2) is 21.4 Å². The number of urea groups is 1. The van der Waals surface area contributed by atoms with E-state index in [9.17, 15) is 27.2 Å². The van der Waals surface area contributed by atoms with Crippen LogP contribution < -0.4 is 15.4 Å². The van der Waals surface area contributed by atoms with Crippen LogP contribution in [0.4, 0.5) is 9.18 Å². The third-order valence-electron chi connectivity index (χ3n) is 5.76. The minimum Gasteiger partial charge on any atom is -0.490 e. The zero-order valence-corrected chi connectivity index (χ0v) is 19.5. The number of sulfone groups is 1. The van der Waals surface area contributed by atoms with E-state index in [0.29, 0.717) is 43.9 Å². The quantitative estimate of drug-likeness (QED) is 0.325. The number of nitrogens with one attached hydrogen (secondary N) is 2. The highest BCUT2D eigenvalue weighted by Crippen LogP contribution is 2.31. The molecule has 0 radical (unpaired) electrons. The van der Waals surface area contributed by atoms with Crippen molar-refractivity contribution in [2.45, 2.75) is 38.0 Å². The Bertz CT molecular complexity index is 996. The minimum atomic E-state index is -3.58. The van der Waals surface area contributed by atoms with E-state index in [1.54, 1.807) is 0 Å². The molecule has 1 saturated carbocycles. The highest BCUT2D eigenvalue weighted by molar-refractivity contribution is 7.91. The second kappa shape index (κ2) is 11.0. The van der Waals surface area contributed by atoms with Crippen LogP contribution >= 0.6 is 0 Å². The summed E-state index contributed by atoms with van der Waals surface area (Å²) in [6, 6.07) is 3.59. The van der Waals surface area contributed by atoms with Gasteiger partial charge in [0.2, 0.25) is 11.8 Å². The van der Waals surface area contributed by atoms with E-state index in [1.165, 1.54) is 30.1 Å². The lowest BCUT2D eigenvalue weighted by atomic mass is 10.00. The molecule has 9 nitrogen and oxygen atoms in total. The van der Waals surface area contributed by atoms with E-state index in [0.717, 1.165) is 12.8 Å². The minimum absolute atomic E-state index is 0.0228. The monoisotopic (exact) mass is 483 g/mol. The Morgan fingerprint density at radius 3 is 2.67 bits per heavy atom. The predicted octanol–water partition coefficient (Wildman–Crippen LogP) is 1.58. The van der Waals surface area contributed by atoms with Gasteiger partial charge in [-0.15, -0.1) is 0 Å². The third kappa shape index (κ3) is 7.41. The number of ether oxygens (including phenoxy) is 1. The summed E-state index contributed by atoms with van der Waals surface area (Å²) in [6.07, 6.45) is 3.57. The Kier molecular flexibility index (Phi) is 8.28. The maximum absolute atomic E-state index is 14.1. The lowest BCUT2D eigenvalue weighted by molar-refractivity contribution is -0.121. The van der Waals surface area contributed by atoms with Gasteiger partial charge in [-0.05, 0) is 49.3 Å². The number of hydrogen-bond donors (Lipinski definition) is 2. The molecule has 0 unspecified atom stereocenters. The summed E-state index contributed by atoms with van der Waals surface area (Å²) in [5, 5.41) is 4.68. The van der Waals surface area contributed by atoms with Crippen LogP contribution in [0.15, 0.2) is 18.2 Å². The molecule has 1 heterocycles. The van der Waals surface area contributed by atoms with Gasteiger partial charge in [-0.1, -0.05) is 12.5 Å². The van der Waals surface area contributed by atoms with Gasteiger partial charge in [0.05, 0.1) is 24.0 Å². The van der Waals surface area contributed by atoms with Crippen LogP contribution in [0.25, 0.3) is 0 Å². The van der Waals surface area contributed by atoms with Gasteiger partial charge < -0.3 is 15.0 Å². The van der Waals surface area contributed by atoms with Crippen molar-refractivity contribution in [2.75, 3.05) is 38.2 Å². The molecule has 1 aliphatic heterocycles. The summed E-state index contributed by atoms with van der Waals surface area (Å²) >= 11 is 0. The van der Waals surface area contributed by atoms with Crippen molar-refractivity contribution < 1.29 is 31.9 Å². The molecule has 0 spiro atoms. The number of rotatable bonds is 13. The van der Waals surface area contributed by atoms with E-state index in [-0.39, 0.29) is 24.0 Å². The number of hydrogen-bond acceptors (Lipinski definition) is 6. The predicted molar refractivity (Wildman–Crippen MR) is 119 cm³/mol. The summed E-state index contributed by atoms with van der Waals surface area (Å²) in [5.41, 5.74) is 0.384. The van der Waals surface area contributed by atoms with E-state index < -0.39 is 39.3 Å². The molecule has 2 aliphatic rings. The first kappa shape index (κ1) is 24.9. The van der Waals surface area contributed by atoms with Gasteiger partial charge in [0.1, 0.15) is 6.54 Å². The van der Waals surface area contributed by atoms with Gasteiger partial charge in [-0.2, -0.15) is 0 Å². The Labute approximate surface area is 193 Å². The van der Waals surface area contributed by atoms with Crippen LogP contribution in [-0.2, 0) is 19.4 Å². The zero-order chi connectivity index (χ0) is 24.0. The van der Waals surface area contributed by atoms with Crippen LogP contribution in [0.1, 0.15) is 43.6 Å². The molecule has 2 fully saturated rings. The topological polar surface area (TPSA) is 122 Å². The number of carbonyl (C=O) groups is 3. The van der Waals surface area contributed by atoms with Gasteiger partial charge in [0, 0.05) is 13.6 Å². The number of imide groups is 1. The fourth-order valence-electron chi connectivity index (χ4n) is 3.64. The maximum Gasteiger partial charge on any atom is 0.324 e. The van der Waals surface area contributed by atoms with Gasteiger partial charge in [-0.3, -0.25) is 14.9 Å². The van der Waals surface area contributed by atoms with Crippen LogP contribution in [0.2, 0.25) is 0 Å². The van der Waals surface area contributed by atoms with Crippen molar-refractivity contribution in [1.29, 1.82) is 0 Å². The highest BCUT2D eigenvalue weighted by Gasteiger charge is 2.29. The van der Waals surface area contributed by atoms with Crippen LogP contribution in [0.5, 0.6) is 5.75 Å². The van der Waals surface area contributed by atoms with E-state index in [2.05, 4.69) is 10.6 Å². The molecule has 1 saturated heterocycles. The number of likely N-dealkylation sites (N-methyl/N-ethyl adjacent to an activating group) is 1. The number of nitrogens with zero attached hydrogens (tertiary/aromatic N) is 1. The number of unbranched alkanes of at least 4 members (excludes halogenated alkanes) is 2. The number of amides is 4. The molecule has 4 amide bonds. The Morgan fingerprint density at radius 2 is 2.03 bits per heavy atom. The molecule has 2 N–H and O–H groups in total. The normalized spacial score (nSPS) is 17.1. The number of benzene rings is 1. The molecular formula is C22H30FN3O6S. The Balaban J connectivity index is 1.55. The van der Waals surface area contributed by atoms with Crippen LogP contribution in [-0.4, -0.2) is 69.4 Å². The SMILES string of the molecule is CNC(=O)[C@@H](CS(=O)(=O)CCCCCN1CC(=O)NC1=O)c1ccc(F)c(OCC2CC2)c1. The maximum atomic E-state index is 14.1. The first-order valence-corrected chi connectivity index (χ1v) is 12.9. The molecule has 1 aromatic carbocycles. The van der Waals surface area contributed by atoms with Gasteiger partial charge in [0.25, 0.3) is 0 Å². The Hall–Kier alpha value is -2.69. The summed E-state index contributed by atoms with van der Waals surface area (Å²) in [5.74, 6) is -2.41. The Morgan fingerprint density at radius 1 is 1.27 bits per heavy atom. The van der Waals surface area contributed by atoms with Crippen molar-refractivity contribution in [3.8, 4) is 5.75 Å². The zero-order valence-electron chi connectivity index (χ0n) is 18.6. The van der Waals surface area contributed by atoms with Crippen LogP contribution in [0, 0.1) is 11.7 Å². The average molecular weight is 484 g/mol. The summed E-state index contributed by atoms with van der Waals surface area (Å²) < 4.78 is 45.1. The fourth-order valence-corrected chi connectivity index (χ4v) is 5.30. The van der Waals surface area contributed by atoms with Crippen LogP contribution in [0.3, 0.4) is 0 Å². The molecule has 11 heteroatoms. The molecular weight excluding hydrogens is 453 g/mol. The molecule has 1 aliphatic carbocycles. The van der Waals surface area contributed by atoms with E-state index in [4.69, 9.17) is 4.74 Å². The molecule has 1 atom stereocenters. The summed E-state index contributed by atoms with van der Waals surface area (Å²) in [4.78, 5) is 36.5. The van der Waals surface area contributed by atoms with Gasteiger partial charge in [-0.25, -0.2) is 17.6 Å². The molecule has 1 aromatic rings. The first-order valence-electron chi connectivity index (χ1n) is 11.1. The molecule has 0 bridgehead atoms. The van der Waals surface area contributed by atoms with Crippen molar-refractivity contribution >= 4 is 27.7 Å². The highest BCUT2D eigenvalue weighted by atomic mass is 32.2. The lowest BCUT2D eigenvalue weighted by Gasteiger charge is -2.18. The number of carbonyl (C=O) groups excluding carboxylic acids is 3. The van der Waals surface area contributed by atoms with E-state index in [1.807, 2.05) is 0 Å². The average Bonchev–Trinajstić information content (AvgIpc) is 3.54. The second-order valence-corrected chi connectivity index (χ2v) is 10.8. The van der Waals surface area contributed by atoms with Gasteiger partial charge >= 0.3 is 6.03 Å². The van der Waals surface area contributed by atoms with Crippen molar-refractivity contribution in [3.63, 3.8) is 0 Å². The molecule has 0 aromatic heterocycles. The lowest BCUT2D eigenvalue weighted by Crippen LogP contribution is -2.31. The third-order valence-corrected chi connectivity index (χ3v) is 7.52. The molecule has 182 valence electrons. The largest absolute Gasteiger partial charge is 0.490 e. The van der Waals surface area contributed by atoms with Crippen molar-refractivity contribution in [1.82, 2.24) is 15.5 Å². The van der Waals surface area contributed by atoms with Crippen molar-refractivity contribution in [2.24, 2.45) is 5.92 Å². The molecule has 3 rings (SSSR count). The first-order chi connectivity index (χ1) is 15.7. The fraction of sp³-hybridized carbons (Fsp3) is 0.591. The molecule has 33 heavy (non-hydrogen) atoms. The van der Waals surface area contributed by atoms with Crippen molar-refractivity contribution in [3.05, 3.63) is 29.6 Å². The standard InChI is InChI=1S/C22H30FN3O6S/c1-24-21(28)17(16-7-8-18(23)19(11-16)32-13-15-5-6-15)14-33(30,31)10-4-2-3-9-26-12-20(27)25-22(26)29/h7-8,11,15,17H,2-6,9-10,12-14H2,1H3,(H,24,28)(H,25,27,29)/t17-/m0/s1. The second-order valence-electron chi connectivity index (χ2n) is 8.56. The smallest absolute Gasteiger partial charge is 0.324 e.